The van der Waals surface area contributed by atoms with Crippen molar-refractivity contribution in [3.8, 4) is 0 Å². The van der Waals surface area contributed by atoms with Gasteiger partial charge in [0.15, 0.2) is 0 Å². The second kappa shape index (κ2) is 10.6. The number of hydrogen-bond donors (Lipinski definition) is 1. The van der Waals surface area contributed by atoms with E-state index in [4.69, 9.17) is 4.74 Å². The second-order valence-corrected chi connectivity index (χ2v) is 8.63. The van der Waals surface area contributed by atoms with E-state index in [1.165, 1.54) is 6.42 Å². The van der Waals surface area contributed by atoms with Crippen molar-refractivity contribution in [2.75, 3.05) is 52.4 Å². The van der Waals surface area contributed by atoms with Crippen LogP contribution in [0.25, 0.3) is 0 Å². The third kappa shape index (κ3) is 8.04. The van der Waals surface area contributed by atoms with Gasteiger partial charge in [-0.3, -0.25) is 14.5 Å². The first-order valence-corrected chi connectivity index (χ1v) is 10.5. The summed E-state index contributed by atoms with van der Waals surface area (Å²) in [5.41, 5.74) is -0.519. The molecule has 0 radical (unpaired) electrons. The third-order valence-corrected chi connectivity index (χ3v) is 5.03. The maximum absolute atomic E-state index is 12.4. The molecule has 1 N–H and O–H groups in total. The molecule has 0 aliphatic carbocycles. The Morgan fingerprint density at radius 1 is 0.857 bits per heavy atom. The molecule has 2 heterocycles. The van der Waals surface area contributed by atoms with Gasteiger partial charge < -0.3 is 19.9 Å². The number of nitrogens with zero attached hydrogens (tertiary/aromatic N) is 3. The van der Waals surface area contributed by atoms with Crippen molar-refractivity contribution in [3.63, 3.8) is 0 Å². The van der Waals surface area contributed by atoms with Crippen LogP contribution in [0.3, 0.4) is 0 Å². The predicted molar refractivity (Wildman–Crippen MR) is 107 cm³/mol. The third-order valence-electron chi connectivity index (χ3n) is 5.03. The highest BCUT2D eigenvalue weighted by Crippen LogP contribution is 2.11. The van der Waals surface area contributed by atoms with Crippen molar-refractivity contribution < 1.29 is 19.1 Å². The van der Waals surface area contributed by atoms with Crippen LogP contribution in [0.1, 0.15) is 52.9 Å². The molecule has 8 heteroatoms. The normalized spacial score (nSPS) is 18.7. The summed E-state index contributed by atoms with van der Waals surface area (Å²) in [6.07, 6.45) is 3.98. The minimum atomic E-state index is -0.519. The Kier molecular flexibility index (Phi) is 8.54. The summed E-state index contributed by atoms with van der Waals surface area (Å²) in [6.45, 7) is 10.9. The van der Waals surface area contributed by atoms with Crippen LogP contribution in [0.2, 0.25) is 0 Å². The van der Waals surface area contributed by atoms with Gasteiger partial charge >= 0.3 is 6.09 Å². The largest absolute Gasteiger partial charge is 0.444 e. The zero-order valence-corrected chi connectivity index (χ0v) is 17.7. The molecule has 3 amide bonds. The van der Waals surface area contributed by atoms with Gasteiger partial charge in [0.25, 0.3) is 0 Å². The lowest BCUT2D eigenvalue weighted by Crippen LogP contribution is -2.52. The van der Waals surface area contributed by atoms with Gasteiger partial charge in [0, 0.05) is 52.2 Å². The first kappa shape index (κ1) is 22.5. The molecular weight excluding hydrogens is 360 g/mol. The van der Waals surface area contributed by atoms with E-state index in [1.807, 2.05) is 30.6 Å². The summed E-state index contributed by atoms with van der Waals surface area (Å²) < 4.78 is 5.17. The van der Waals surface area contributed by atoms with Crippen molar-refractivity contribution in [1.82, 2.24) is 20.0 Å². The number of nitrogens with one attached hydrogen (secondary N) is 1. The molecule has 160 valence electrons. The van der Waals surface area contributed by atoms with E-state index in [9.17, 15) is 14.4 Å². The van der Waals surface area contributed by atoms with Gasteiger partial charge in [-0.05, 0) is 46.5 Å². The number of piperazine rings is 1. The minimum Gasteiger partial charge on any atom is -0.444 e. The molecule has 2 aliphatic rings. The van der Waals surface area contributed by atoms with Gasteiger partial charge in [-0.25, -0.2) is 4.79 Å². The predicted octanol–water partition coefficient (Wildman–Crippen LogP) is 1.45. The first-order valence-electron chi connectivity index (χ1n) is 10.5. The molecule has 2 aliphatic heterocycles. The molecular formula is C20H36N4O4. The number of carbonyl (C=O) groups is 3. The fraction of sp³-hybridized carbons (Fsp3) is 0.850. The van der Waals surface area contributed by atoms with Crippen LogP contribution < -0.4 is 5.32 Å². The Morgan fingerprint density at radius 2 is 1.46 bits per heavy atom. The topological polar surface area (TPSA) is 82.2 Å². The van der Waals surface area contributed by atoms with Crippen LogP contribution in [0.5, 0.6) is 0 Å². The molecule has 2 fully saturated rings. The molecule has 8 nitrogen and oxygen atoms in total. The lowest BCUT2D eigenvalue weighted by molar-refractivity contribution is -0.135. The summed E-state index contributed by atoms with van der Waals surface area (Å²) >= 11 is 0. The molecule has 0 aromatic heterocycles. The van der Waals surface area contributed by atoms with Gasteiger partial charge in [0.2, 0.25) is 11.8 Å². The molecule has 0 bridgehead atoms. The number of ether oxygens (including phenoxy) is 1. The highest BCUT2D eigenvalue weighted by Gasteiger charge is 2.24. The Balaban J connectivity index is 1.58. The smallest absolute Gasteiger partial charge is 0.407 e. The summed E-state index contributed by atoms with van der Waals surface area (Å²) in [6, 6.07) is 0. The van der Waals surface area contributed by atoms with Crippen molar-refractivity contribution >= 4 is 17.9 Å². The minimum absolute atomic E-state index is 0.105. The Hall–Kier alpha value is -1.83. The average Bonchev–Trinajstić information content (AvgIpc) is 2.65. The Labute approximate surface area is 168 Å². The maximum Gasteiger partial charge on any atom is 0.407 e. The van der Waals surface area contributed by atoms with Gasteiger partial charge in [-0.15, -0.1) is 0 Å². The van der Waals surface area contributed by atoms with E-state index in [0.717, 1.165) is 39.0 Å². The zero-order chi connectivity index (χ0) is 20.6. The molecule has 2 rings (SSSR count). The molecule has 0 unspecified atom stereocenters. The van der Waals surface area contributed by atoms with Crippen LogP contribution in [-0.4, -0.2) is 90.6 Å². The lowest BCUT2D eigenvalue weighted by atomic mass is 10.1. The fourth-order valence-electron chi connectivity index (χ4n) is 3.49. The lowest BCUT2D eigenvalue weighted by Gasteiger charge is -2.36. The van der Waals surface area contributed by atoms with E-state index >= 15 is 0 Å². The summed E-state index contributed by atoms with van der Waals surface area (Å²) in [4.78, 5) is 42.2. The van der Waals surface area contributed by atoms with Crippen molar-refractivity contribution in [3.05, 3.63) is 0 Å². The highest BCUT2D eigenvalue weighted by molar-refractivity contribution is 5.78. The SMILES string of the molecule is CC(C)(C)OC(=O)NCCCC(=O)N1CCN(CC(=O)N2CCCCC2)CC1. The number of alkyl carbamates (subject to hydrolysis) is 1. The molecule has 0 aromatic carbocycles. The average molecular weight is 397 g/mol. The zero-order valence-electron chi connectivity index (χ0n) is 17.7. The van der Waals surface area contributed by atoms with Crippen LogP contribution in [0, 0.1) is 0 Å². The fourth-order valence-corrected chi connectivity index (χ4v) is 3.49. The Morgan fingerprint density at radius 3 is 2.07 bits per heavy atom. The maximum atomic E-state index is 12.4. The standard InChI is InChI=1S/C20H36N4O4/c1-20(2,3)28-19(27)21-9-7-8-17(25)24-14-12-22(13-15-24)16-18(26)23-10-5-4-6-11-23/h4-16H2,1-3H3,(H,21,27). The van der Waals surface area contributed by atoms with Crippen molar-refractivity contribution in [2.24, 2.45) is 0 Å². The number of likely N-dealkylation sites (tertiary alicyclic amines) is 1. The van der Waals surface area contributed by atoms with Crippen LogP contribution in [-0.2, 0) is 14.3 Å². The number of piperidine rings is 1. The van der Waals surface area contributed by atoms with E-state index < -0.39 is 11.7 Å². The number of rotatable bonds is 6. The number of carbonyl (C=O) groups excluding carboxylic acids is 3. The van der Waals surface area contributed by atoms with Crippen LogP contribution in [0.4, 0.5) is 4.79 Å². The Bertz CT molecular complexity index is 533. The molecule has 0 saturated carbocycles. The van der Waals surface area contributed by atoms with Gasteiger partial charge in [-0.2, -0.15) is 0 Å². The van der Waals surface area contributed by atoms with E-state index in [-0.39, 0.29) is 11.8 Å². The van der Waals surface area contributed by atoms with Crippen molar-refractivity contribution in [2.45, 2.75) is 58.5 Å². The monoisotopic (exact) mass is 396 g/mol. The number of amides is 3. The number of hydrogen-bond acceptors (Lipinski definition) is 5. The van der Waals surface area contributed by atoms with Crippen molar-refractivity contribution in [1.29, 1.82) is 0 Å². The van der Waals surface area contributed by atoms with E-state index in [0.29, 0.717) is 39.0 Å². The van der Waals surface area contributed by atoms with Crippen LogP contribution in [0.15, 0.2) is 0 Å². The molecule has 0 spiro atoms. The van der Waals surface area contributed by atoms with E-state index in [1.54, 1.807) is 0 Å². The van der Waals surface area contributed by atoms with Gasteiger partial charge in [0.1, 0.15) is 5.60 Å². The summed E-state index contributed by atoms with van der Waals surface area (Å²) in [7, 11) is 0. The second-order valence-electron chi connectivity index (χ2n) is 8.63. The highest BCUT2D eigenvalue weighted by atomic mass is 16.6. The molecule has 0 atom stereocenters. The van der Waals surface area contributed by atoms with Crippen LogP contribution >= 0.6 is 0 Å². The summed E-state index contributed by atoms with van der Waals surface area (Å²) in [5.74, 6) is 0.320. The van der Waals surface area contributed by atoms with Gasteiger partial charge in [0.05, 0.1) is 6.54 Å². The molecule has 2 saturated heterocycles. The summed E-state index contributed by atoms with van der Waals surface area (Å²) in [5, 5.41) is 2.68. The first-order chi connectivity index (χ1) is 13.2. The van der Waals surface area contributed by atoms with E-state index in [2.05, 4.69) is 10.2 Å². The molecule has 0 aromatic rings. The quantitative estimate of drug-likeness (QED) is 0.687. The van der Waals surface area contributed by atoms with Gasteiger partial charge in [-0.1, -0.05) is 0 Å². The molecule has 28 heavy (non-hydrogen) atoms.